The lowest BCUT2D eigenvalue weighted by Crippen LogP contribution is -2.58. The Bertz CT molecular complexity index is 371. The number of hydrogen-bond donors (Lipinski definition) is 2. The molecule has 2 saturated carbocycles. The van der Waals surface area contributed by atoms with E-state index in [1.807, 2.05) is 0 Å². The van der Waals surface area contributed by atoms with Crippen LogP contribution >= 0.6 is 0 Å². The first kappa shape index (κ1) is 12.0. The van der Waals surface area contributed by atoms with Crippen LogP contribution in [0.3, 0.4) is 0 Å². The molecule has 0 radical (unpaired) electrons. The molecular formula is C13H20N2O3. The molecule has 4 atom stereocenters. The Morgan fingerprint density at radius 3 is 2.67 bits per heavy atom. The fraction of sp³-hybridized carbons (Fsp3) is 0.846. The molecule has 1 amide bonds. The lowest BCUT2D eigenvalue weighted by Gasteiger charge is -2.36. The maximum absolute atomic E-state index is 12.5. The van der Waals surface area contributed by atoms with Crippen molar-refractivity contribution in [2.75, 3.05) is 19.6 Å². The summed E-state index contributed by atoms with van der Waals surface area (Å²) in [7, 11) is 0. The summed E-state index contributed by atoms with van der Waals surface area (Å²) in [4.78, 5) is 25.4. The summed E-state index contributed by atoms with van der Waals surface area (Å²) in [5.74, 6) is 0.542. The van der Waals surface area contributed by atoms with E-state index < -0.39 is 12.0 Å². The van der Waals surface area contributed by atoms with Crippen molar-refractivity contribution in [2.24, 2.45) is 17.8 Å². The first-order valence-electron chi connectivity index (χ1n) is 6.91. The number of carboxylic acids is 1. The number of carbonyl (C=O) groups excluding carboxylic acids is 1. The maximum Gasteiger partial charge on any atom is 0.327 e. The summed E-state index contributed by atoms with van der Waals surface area (Å²) < 4.78 is 0. The number of nitrogens with zero attached hydrogens (tertiary/aromatic N) is 1. The third-order valence-corrected chi connectivity index (χ3v) is 4.87. The SMILES string of the molecule is O=C(O)C1CNCCN1C(=O)C1CC2CCC1C2. The van der Waals surface area contributed by atoms with E-state index in [2.05, 4.69) is 5.32 Å². The Balaban J connectivity index is 1.72. The molecule has 0 aromatic heterocycles. The molecule has 4 unspecified atom stereocenters. The van der Waals surface area contributed by atoms with E-state index in [1.165, 1.54) is 12.8 Å². The third kappa shape index (κ3) is 1.90. The number of hydrogen-bond acceptors (Lipinski definition) is 3. The van der Waals surface area contributed by atoms with Gasteiger partial charge in [-0.3, -0.25) is 4.79 Å². The van der Waals surface area contributed by atoms with Crippen molar-refractivity contribution in [2.45, 2.75) is 31.7 Å². The molecule has 2 N–H and O–H groups in total. The summed E-state index contributed by atoms with van der Waals surface area (Å²) in [6, 6.07) is -0.676. The topological polar surface area (TPSA) is 69.6 Å². The maximum atomic E-state index is 12.5. The quantitative estimate of drug-likeness (QED) is 0.742. The minimum Gasteiger partial charge on any atom is -0.480 e. The van der Waals surface area contributed by atoms with Gasteiger partial charge in [0.2, 0.25) is 5.91 Å². The van der Waals surface area contributed by atoms with Crippen LogP contribution < -0.4 is 5.32 Å². The lowest BCUT2D eigenvalue weighted by atomic mass is 9.87. The van der Waals surface area contributed by atoms with Gasteiger partial charge in [0, 0.05) is 25.6 Å². The fourth-order valence-corrected chi connectivity index (χ4v) is 3.95. The number of piperazine rings is 1. The van der Waals surface area contributed by atoms with Crippen LogP contribution in [-0.4, -0.2) is 47.6 Å². The van der Waals surface area contributed by atoms with Gasteiger partial charge in [-0.05, 0) is 31.1 Å². The van der Waals surface area contributed by atoms with Crippen LogP contribution in [0.15, 0.2) is 0 Å². The molecule has 5 nitrogen and oxygen atoms in total. The predicted molar refractivity (Wildman–Crippen MR) is 64.9 cm³/mol. The van der Waals surface area contributed by atoms with Crippen molar-refractivity contribution in [1.29, 1.82) is 0 Å². The van der Waals surface area contributed by atoms with Crippen molar-refractivity contribution in [1.82, 2.24) is 10.2 Å². The summed E-state index contributed by atoms with van der Waals surface area (Å²) in [5.41, 5.74) is 0. The number of amides is 1. The van der Waals surface area contributed by atoms with E-state index in [0.717, 1.165) is 18.8 Å². The van der Waals surface area contributed by atoms with Crippen molar-refractivity contribution in [3.63, 3.8) is 0 Å². The molecule has 1 saturated heterocycles. The van der Waals surface area contributed by atoms with E-state index in [4.69, 9.17) is 0 Å². The van der Waals surface area contributed by atoms with E-state index in [1.54, 1.807) is 4.90 Å². The van der Waals surface area contributed by atoms with Crippen molar-refractivity contribution in [3.8, 4) is 0 Å². The molecule has 2 aliphatic carbocycles. The molecule has 0 aromatic carbocycles. The number of aliphatic carboxylic acids is 1. The highest BCUT2D eigenvalue weighted by Crippen LogP contribution is 2.49. The summed E-state index contributed by atoms with van der Waals surface area (Å²) in [5, 5.41) is 12.2. The number of rotatable bonds is 2. The zero-order valence-electron chi connectivity index (χ0n) is 10.5. The standard InChI is InChI=1S/C13H20N2O3/c16-12(10-6-8-1-2-9(10)5-8)15-4-3-14-7-11(15)13(17)18/h8-11,14H,1-7H2,(H,17,18). The second kappa shape index (κ2) is 4.53. The van der Waals surface area contributed by atoms with Crippen LogP contribution in [0.4, 0.5) is 0 Å². The molecule has 0 aromatic rings. The van der Waals surface area contributed by atoms with Crippen LogP contribution in [0, 0.1) is 17.8 Å². The molecule has 100 valence electrons. The first-order chi connectivity index (χ1) is 8.66. The van der Waals surface area contributed by atoms with E-state index in [0.29, 0.717) is 25.6 Å². The van der Waals surface area contributed by atoms with Crippen LogP contribution in [0.5, 0.6) is 0 Å². The third-order valence-electron chi connectivity index (χ3n) is 4.87. The Kier molecular flexibility index (Phi) is 3.01. The first-order valence-corrected chi connectivity index (χ1v) is 6.91. The molecule has 3 fully saturated rings. The normalized spacial score (nSPS) is 39.0. The Hall–Kier alpha value is -1.10. The smallest absolute Gasteiger partial charge is 0.327 e. The molecular weight excluding hydrogens is 232 g/mol. The molecule has 5 heteroatoms. The zero-order chi connectivity index (χ0) is 12.7. The van der Waals surface area contributed by atoms with Gasteiger partial charge in [-0.15, -0.1) is 0 Å². The highest BCUT2D eigenvalue weighted by molar-refractivity contribution is 5.86. The van der Waals surface area contributed by atoms with Gasteiger partial charge in [0.25, 0.3) is 0 Å². The van der Waals surface area contributed by atoms with E-state index in [9.17, 15) is 14.7 Å². The van der Waals surface area contributed by atoms with Gasteiger partial charge in [-0.1, -0.05) is 6.42 Å². The Labute approximate surface area is 107 Å². The predicted octanol–water partition coefficient (Wildman–Crippen LogP) is 0.308. The molecule has 1 aliphatic heterocycles. The average molecular weight is 252 g/mol. The fourth-order valence-electron chi connectivity index (χ4n) is 3.95. The van der Waals surface area contributed by atoms with Crippen LogP contribution in [0.1, 0.15) is 25.7 Å². The summed E-state index contributed by atoms with van der Waals surface area (Å²) >= 11 is 0. The van der Waals surface area contributed by atoms with Crippen LogP contribution in [-0.2, 0) is 9.59 Å². The molecule has 0 spiro atoms. The van der Waals surface area contributed by atoms with Gasteiger partial charge in [0.15, 0.2) is 0 Å². The lowest BCUT2D eigenvalue weighted by molar-refractivity contribution is -0.153. The molecule has 3 rings (SSSR count). The van der Waals surface area contributed by atoms with Gasteiger partial charge < -0.3 is 15.3 Å². The van der Waals surface area contributed by atoms with Crippen LogP contribution in [0.25, 0.3) is 0 Å². The number of fused-ring (bicyclic) bond motifs is 2. The number of nitrogens with one attached hydrogen (secondary N) is 1. The molecule has 18 heavy (non-hydrogen) atoms. The monoisotopic (exact) mass is 252 g/mol. The van der Waals surface area contributed by atoms with E-state index in [-0.39, 0.29) is 11.8 Å². The number of carboxylic acid groups (broad SMARTS) is 1. The second-order valence-corrected chi connectivity index (χ2v) is 5.87. The molecule has 3 aliphatic rings. The van der Waals surface area contributed by atoms with Gasteiger partial charge >= 0.3 is 5.97 Å². The molecule has 1 heterocycles. The van der Waals surface area contributed by atoms with Gasteiger partial charge in [-0.2, -0.15) is 0 Å². The highest BCUT2D eigenvalue weighted by Gasteiger charge is 2.46. The highest BCUT2D eigenvalue weighted by atomic mass is 16.4. The zero-order valence-corrected chi connectivity index (χ0v) is 10.5. The average Bonchev–Trinajstić information content (AvgIpc) is 3.00. The Morgan fingerprint density at radius 1 is 1.22 bits per heavy atom. The largest absolute Gasteiger partial charge is 0.480 e. The van der Waals surface area contributed by atoms with Gasteiger partial charge in [-0.25, -0.2) is 4.79 Å². The van der Waals surface area contributed by atoms with Gasteiger partial charge in [0.05, 0.1) is 0 Å². The van der Waals surface area contributed by atoms with Gasteiger partial charge in [0.1, 0.15) is 6.04 Å². The van der Waals surface area contributed by atoms with Crippen molar-refractivity contribution < 1.29 is 14.7 Å². The minimum absolute atomic E-state index is 0.0936. The molecule has 2 bridgehead atoms. The van der Waals surface area contributed by atoms with E-state index >= 15 is 0 Å². The second-order valence-electron chi connectivity index (χ2n) is 5.87. The van der Waals surface area contributed by atoms with Crippen molar-refractivity contribution in [3.05, 3.63) is 0 Å². The van der Waals surface area contributed by atoms with Crippen molar-refractivity contribution >= 4 is 11.9 Å². The number of carbonyl (C=O) groups is 2. The Morgan fingerprint density at radius 2 is 2.06 bits per heavy atom. The summed E-state index contributed by atoms with van der Waals surface area (Å²) in [6.45, 7) is 1.61. The van der Waals surface area contributed by atoms with Crippen LogP contribution in [0.2, 0.25) is 0 Å². The summed E-state index contributed by atoms with van der Waals surface area (Å²) in [6.07, 6.45) is 4.59. The minimum atomic E-state index is -0.890.